The number of carbonyl (C=O) groups excluding carboxylic acids is 1. The van der Waals surface area contributed by atoms with Crippen molar-refractivity contribution in [3.63, 3.8) is 0 Å². The predicted molar refractivity (Wildman–Crippen MR) is 140 cm³/mol. The van der Waals surface area contributed by atoms with Crippen LogP contribution in [0.5, 0.6) is 5.75 Å². The molecule has 0 aliphatic carbocycles. The Morgan fingerprint density at radius 2 is 1.71 bits per heavy atom. The third kappa shape index (κ3) is 6.39. The largest absolute Gasteiger partial charge is 0.497 e. The third-order valence-corrected chi connectivity index (χ3v) is 6.50. The summed E-state index contributed by atoms with van der Waals surface area (Å²) in [4.78, 5) is 13.0. The van der Waals surface area contributed by atoms with Crippen LogP contribution < -0.4 is 10.1 Å². The lowest BCUT2D eigenvalue weighted by molar-refractivity contribution is -0.119. The second-order valence-corrected chi connectivity index (χ2v) is 8.89. The Bertz CT molecular complexity index is 1240. The van der Waals surface area contributed by atoms with E-state index in [0.717, 1.165) is 29.1 Å². The monoisotopic (exact) mass is 484 g/mol. The van der Waals surface area contributed by atoms with Crippen LogP contribution in [0, 0.1) is 0 Å². The lowest BCUT2D eigenvalue weighted by Gasteiger charge is -2.19. The molecule has 1 atom stereocenters. The van der Waals surface area contributed by atoms with Crippen LogP contribution in [-0.4, -0.2) is 33.5 Å². The molecule has 0 aliphatic rings. The Hall–Kier alpha value is -3.84. The first-order chi connectivity index (χ1) is 17.2. The van der Waals surface area contributed by atoms with Gasteiger partial charge in [-0.1, -0.05) is 78.5 Å². The average Bonchev–Trinajstić information content (AvgIpc) is 3.31. The molecule has 0 radical (unpaired) electrons. The van der Waals surface area contributed by atoms with E-state index in [9.17, 15) is 4.79 Å². The Balaban J connectivity index is 1.46. The highest BCUT2D eigenvalue weighted by atomic mass is 32.2. The molecule has 1 heterocycles. The first-order valence-electron chi connectivity index (χ1n) is 11.4. The molecule has 0 spiro atoms. The van der Waals surface area contributed by atoms with Gasteiger partial charge in [0, 0.05) is 12.1 Å². The number of rotatable bonds is 11. The van der Waals surface area contributed by atoms with Crippen LogP contribution >= 0.6 is 11.8 Å². The number of nitrogens with zero attached hydrogens (tertiary/aromatic N) is 3. The molecule has 3 aromatic carbocycles. The van der Waals surface area contributed by atoms with Gasteiger partial charge >= 0.3 is 0 Å². The summed E-state index contributed by atoms with van der Waals surface area (Å²) in [6.45, 7) is 4.40. The van der Waals surface area contributed by atoms with Crippen LogP contribution in [0.15, 0.2) is 103 Å². The van der Waals surface area contributed by atoms with Gasteiger partial charge in [-0.15, -0.1) is 16.8 Å². The number of carbonyl (C=O) groups is 1. The molecule has 4 aromatic rings. The fourth-order valence-corrected chi connectivity index (χ4v) is 4.56. The Labute approximate surface area is 210 Å². The van der Waals surface area contributed by atoms with E-state index in [1.165, 1.54) is 17.3 Å². The summed E-state index contributed by atoms with van der Waals surface area (Å²) in [5.74, 6) is 1.68. The van der Waals surface area contributed by atoms with Crippen molar-refractivity contribution in [3.05, 3.63) is 109 Å². The quantitative estimate of drug-likeness (QED) is 0.230. The Kier molecular flexibility index (Phi) is 8.35. The van der Waals surface area contributed by atoms with Gasteiger partial charge in [0.25, 0.3) is 0 Å². The summed E-state index contributed by atoms with van der Waals surface area (Å²) in [7, 11) is 1.64. The van der Waals surface area contributed by atoms with Crippen LogP contribution in [0.3, 0.4) is 0 Å². The maximum absolute atomic E-state index is 13.0. The number of aromatic nitrogens is 3. The summed E-state index contributed by atoms with van der Waals surface area (Å²) < 4.78 is 7.21. The summed E-state index contributed by atoms with van der Waals surface area (Å²) in [5, 5.41) is 12.6. The van der Waals surface area contributed by atoms with Gasteiger partial charge in [0.05, 0.1) is 18.9 Å². The molecule has 1 N–H and O–H groups in total. The molecule has 0 saturated carbocycles. The second kappa shape index (κ2) is 12.0. The van der Waals surface area contributed by atoms with Gasteiger partial charge < -0.3 is 10.1 Å². The molecule has 7 heteroatoms. The number of benzene rings is 3. The Morgan fingerprint density at radius 1 is 1.03 bits per heavy atom. The lowest BCUT2D eigenvalue weighted by Crippen LogP contribution is -2.31. The van der Waals surface area contributed by atoms with Gasteiger partial charge in [0.15, 0.2) is 11.0 Å². The van der Waals surface area contributed by atoms with E-state index in [2.05, 4.69) is 34.2 Å². The first-order valence-corrected chi connectivity index (χ1v) is 12.4. The van der Waals surface area contributed by atoms with E-state index in [1.807, 2.05) is 77.4 Å². The van der Waals surface area contributed by atoms with E-state index in [-0.39, 0.29) is 17.7 Å². The SMILES string of the molecule is C=CCn1c(SCC(=O)N[C@H](Cc2ccccc2)c2ccccc2)nnc1-c1ccc(OC)cc1. The van der Waals surface area contributed by atoms with Crippen LogP contribution in [0.4, 0.5) is 0 Å². The normalized spacial score (nSPS) is 11.6. The van der Waals surface area contributed by atoms with Gasteiger partial charge in [0.1, 0.15) is 5.75 Å². The number of thioether (sulfide) groups is 1. The van der Waals surface area contributed by atoms with Crippen molar-refractivity contribution >= 4 is 17.7 Å². The summed E-state index contributed by atoms with van der Waals surface area (Å²) in [6.07, 6.45) is 2.52. The topological polar surface area (TPSA) is 69.0 Å². The van der Waals surface area contributed by atoms with Gasteiger partial charge in [-0.2, -0.15) is 0 Å². The van der Waals surface area contributed by atoms with Crippen molar-refractivity contribution in [1.82, 2.24) is 20.1 Å². The van der Waals surface area contributed by atoms with E-state index < -0.39 is 0 Å². The highest BCUT2D eigenvalue weighted by molar-refractivity contribution is 7.99. The van der Waals surface area contributed by atoms with Gasteiger partial charge in [-0.05, 0) is 41.8 Å². The maximum atomic E-state index is 13.0. The molecule has 178 valence electrons. The zero-order valence-corrected chi connectivity index (χ0v) is 20.4. The minimum atomic E-state index is -0.118. The van der Waals surface area contributed by atoms with Gasteiger partial charge in [0.2, 0.25) is 5.91 Å². The molecule has 1 aromatic heterocycles. The van der Waals surface area contributed by atoms with E-state index in [1.54, 1.807) is 13.2 Å². The van der Waals surface area contributed by atoms with E-state index in [0.29, 0.717) is 11.7 Å². The summed E-state index contributed by atoms with van der Waals surface area (Å²) >= 11 is 1.37. The van der Waals surface area contributed by atoms with Crippen molar-refractivity contribution < 1.29 is 9.53 Å². The van der Waals surface area contributed by atoms with Crippen LogP contribution in [-0.2, 0) is 17.8 Å². The lowest BCUT2D eigenvalue weighted by atomic mass is 9.99. The maximum Gasteiger partial charge on any atom is 0.230 e. The zero-order chi connectivity index (χ0) is 24.5. The van der Waals surface area contributed by atoms with Crippen molar-refractivity contribution in [1.29, 1.82) is 0 Å². The minimum Gasteiger partial charge on any atom is -0.497 e. The number of allylic oxidation sites excluding steroid dienone is 1. The number of nitrogens with one attached hydrogen (secondary N) is 1. The van der Waals surface area contributed by atoms with Crippen molar-refractivity contribution in [2.24, 2.45) is 0 Å². The molecule has 0 bridgehead atoms. The summed E-state index contributed by atoms with van der Waals surface area (Å²) in [5.41, 5.74) is 3.17. The highest BCUT2D eigenvalue weighted by Gasteiger charge is 2.18. The van der Waals surface area contributed by atoms with Crippen molar-refractivity contribution in [2.45, 2.75) is 24.2 Å². The Morgan fingerprint density at radius 3 is 2.37 bits per heavy atom. The standard InChI is InChI=1S/C28H28N4O2S/c1-3-18-32-27(23-14-16-24(34-2)17-15-23)30-31-28(32)35-20-26(33)29-25(22-12-8-5-9-13-22)19-21-10-6-4-7-11-21/h3-17,25H,1,18-20H2,2H3,(H,29,33)/t25-/m1/s1. The molecular weight excluding hydrogens is 456 g/mol. The highest BCUT2D eigenvalue weighted by Crippen LogP contribution is 2.26. The first kappa shape index (κ1) is 24.3. The molecule has 35 heavy (non-hydrogen) atoms. The smallest absolute Gasteiger partial charge is 0.230 e. The molecule has 6 nitrogen and oxygen atoms in total. The number of methoxy groups -OCH3 is 1. The zero-order valence-electron chi connectivity index (χ0n) is 19.6. The molecular formula is C28H28N4O2S. The van der Waals surface area contributed by atoms with Crippen LogP contribution in [0.1, 0.15) is 17.2 Å². The average molecular weight is 485 g/mol. The molecule has 0 fully saturated rings. The molecule has 1 amide bonds. The van der Waals surface area contributed by atoms with Crippen molar-refractivity contribution in [2.75, 3.05) is 12.9 Å². The fraction of sp³-hybridized carbons (Fsp3) is 0.179. The minimum absolute atomic E-state index is 0.0565. The number of ether oxygens (including phenoxy) is 1. The van der Waals surface area contributed by atoms with Crippen molar-refractivity contribution in [3.8, 4) is 17.1 Å². The second-order valence-electron chi connectivity index (χ2n) is 7.94. The number of hydrogen-bond acceptors (Lipinski definition) is 5. The molecule has 0 aliphatic heterocycles. The van der Waals surface area contributed by atoms with E-state index >= 15 is 0 Å². The van der Waals surface area contributed by atoms with Crippen LogP contribution in [0.25, 0.3) is 11.4 Å². The third-order valence-electron chi connectivity index (χ3n) is 5.53. The molecule has 0 saturated heterocycles. The number of hydrogen-bond donors (Lipinski definition) is 1. The van der Waals surface area contributed by atoms with Gasteiger partial charge in [-0.3, -0.25) is 9.36 Å². The fourth-order valence-electron chi connectivity index (χ4n) is 3.80. The van der Waals surface area contributed by atoms with Crippen LogP contribution in [0.2, 0.25) is 0 Å². The number of amides is 1. The molecule has 4 rings (SSSR count). The van der Waals surface area contributed by atoms with Gasteiger partial charge in [-0.25, -0.2) is 0 Å². The van der Waals surface area contributed by atoms with E-state index in [4.69, 9.17) is 4.74 Å². The molecule has 0 unspecified atom stereocenters. The summed E-state index contributed by atoms with van der Waals surface area (Å²) in [6, 6.07) is 27.8. The predicted octanol–water partition coefficient (Wildman–Crippen LogP) is 5.33.